The van der Waals surface area contributed by atoms with Crippen LogP contribution >= 0.6 is 15.9 Å². The molecule has 0 saturated heterocycles. The molecule has 6 nitrogen and oxygen atoms in total. The van der Waals surface area contributed by atoms with Crippen molar-refractivity contribution < 1.29 is 19.6 Å². The van der Waals surface area contributed by atoms with Crippen molar-refractivity contribution in [2.45, 2.75) is 6.92 Å². The monoisotopic (exact) mass is 351 g/mol. The summed E-state index contributed by atoms with van der Waals surface area (Å²) < 4.78 is 6.31. The van der Waals surface area contributed by atoms with Gasteiger partial charge in [-0.25, -0.2) is 4.79 Å². The van der Waals surface area contributed by atoms with E-state index in [0.29, 0.717) is 5.75 Å². The lowest BCUT2D eigenvalue weighted by molar-refractivity contribution is -0.384. The molecular formula is C14H10BrNO5. The Bertz CT molecular complexity index is 729. The van der Waals surface area contributed by atoms with Crippen molar-refractivity contribution in [1.82, 2.24) is 0 Å². The predicted molar refractivity (Wildman–Crippen MR) is 79.0 cm³/mol. The molecule has 0 heterocycles. The van der Waals surface area contributed by atoms with Gasteiger partial charge in [0.15, 0.2) is 0 Å². The van der Waals surface area contributed by atoms with Gasteiger partial charge in [-0.1, -0.05) is 22.0 Å². The van der Waals surface area contributed by atoms with Crippen molar-refractivity contribution in [3.63, 3.8) is 0 Å². The zero-order chi connectivity index (χ0) is 15.6. The van der Waals surface area contributed by atoms with E-state index in [1.165, 1.54) is 0 Å². The summed E-state index contributed by atoms with van der Waals surface area (Å²) >= 11 is 3.29. The largest absolute Gasteiger partial charge is 0.478 e. The standard InChI is InChI=1S/C14H10BrNO5/c1-8-2-3-9(15)6-12(8)21-13-7-10(16(19)20)4-5-11(13)14(17)18/h2-7H,1H3,(H,17,18). The molecule has 21 heavy (non-hydrogen) atoms. The summed E-state index contributed by atoms with van der Waals surface area (Å²) in [6.45, 7) is 1.79. The second-order valence-corrected chi connectivity index (χ2v) is 5.17. The van der Waals surface area contributed by atoms with Gasteiger partial charge in [-0.2, -0.15) is 0 Å². The minimum Gasteiger partial charge on any atom is -0.478 e. The highest BCUT2D eigenvalue weighted by Gasteiger charge is 2.18. The molecule has 2 rings (SSSR count). The van der Waals surface area contributed by atoms with Gasteiger partial charge >= 0.3 is 5.97 Å². The molecule has 0 aromatic heterocycles. The van der Waals surface area contributed by atoms with Crippen LogP contribution in [0.2, 0.25) is 0 Å². The number of aryl methyl sites for hydroxylation is 1. The first-order valence-corrected chi connectivity index (χ1v) is 6.63. The molecule has 0 aliphatic carbocycles. The zero-order valence-electron chi connectivity index (χ0n) is 10.9. The number of nitrogens with zero attached hydrogens (tertiary/aromatic N) is 1. The lowest BCUT2D eigenvalue weighted by Gasteiger charge is -2.11. The zero-order valence-corrected chi connectivity index (χ0v) is 12.5. The van der Waals surface area contributed by atoms with E-state index >= 15 is 0 Å². The molecule has 0 fully saturated rings. The van der Waals surface area contributed by atoms with Crippen molar-refractivity contribution in [3.05, 3.63) is 62.1 Å². The Morgan fingerprint density at radius 2 is 1.95 bits per heavy atom. The summed E-state index contributed by atoms with van der Waals surface area (Å²) in [6.07, 6.45) is 0. The third-order valence-electron chi connectivity index (χ3n) is 2.78. The van der Waals surface area contributed by atoms with Crippen LogP contribution in [0.25, 0.3) is 0 Å². The lowest BCUT2D eigenvalue weighted by atomic mass is 10.1. The van der Waals surface area contributed by atoms with Crippen LogP contribution in [-0.4, -0.2) is 16.0 Å². The molecular weight excluding hydrogens is 342 g/mol. The Morgan fingerprint density at radius 3 is 2.57 bits per heavy atom. The number of benzene rings is 2. The van der Waals surface area contributed by atoms with Crippen LogP contribution in [0, 0.1) is 17.0 Å². The molecule has 0 atom stereocenters. The van der Waals surface area contributed by atoms with E-state index in [1.807, 2.05) is 6.07 Å². The molecule has 108 valence electrons. The maximum atomic E-state index is 11.2. The summed E-state index contributed by atoms with van der Waals surface area (Å²) in [5, 5.41) is 19.9. The number of ether oxygens (including phenoxy) is 1. The van der Waals surface area contributed by atoms with Gasteiger partial charge < -0.3 is 9.84 Å². The Kier molecular flexibility index (Phi) is 4.23. The quantitative estimate of drug-likeness (QED) is 0.659. The third-order valence-corrected chi connectivity index (χ3v) is 3.27. The number of carboxylic acid groups (broad SMARTS) is 1. The number of nitro groups is 1. The first-order valence-electron chi connectivity index (χ1n) is 5.84. The van der Waals surface area contributed by atoms with Gasteiger partial charge in [0.05, 0.1) is 11.0 Å². The molecule has 0 spiro atoms. The maximum absolute atomic E-state index is 11.2. The number of aromatic carboxylic acids is 1. The molecule has 2 aromatic rings. The van der Waals surface area contributed by atoms with E-state index < -0.39 is 10.9 Å². The Balaban J connectivity index is 2.50. The first kappa shape index (κ1) is 15.0. The summed E-state index contributed by atoms with van der Waals surface area (Å²) in [4.78, 5) is 21.4. The van der Waals surface area contributed by atoms with Gasteiger partial charge in [-0.15, -0.1) is 0 Å². The minimum absolute atomic E-state index is 0.0714. The van der Waals surface area contributed by atoms with Crippen LogP contribution in [0.4, 0.5) is 5.69 Å². The molecule has 0 radical (unpaired) electrons. The lowest BCUT2D eigenvalue weighted by Crippen LogP contribution is -2.01. The van der Waals surface area contributed by atoms with E-state index in [1.54, 1.807) is 19.1 Å². The molecule has 0 aliphatic heterocycles. The highest BCUT2D eigenvalue weighted by atomic mass is 79.9. The van der Waals surface area contributed by atoms with Crippen LogP contribution in [0.3, 0.4) is 0 Å². The average Bonchev–Trinajstić information content (AvgIpc) is 2.42. The predicted octanol–water partition coefficient (Wildman–Crippen LogP) is 4.16. The summed E-state index contributed by atoms with van der Waals surface area (Å²) in [7, 11) is 0. The Morgan fingerprint density at radius 1 is 1.24 bits per heavy atom. The van der Waals surface area contributed by atoms with Crippen molar-refractivity contribution in [1.29, 1.82) is 0 Å². The van der Waals surface area contributed by atoms with Gasteiger partial charge in [0.1, 0.15) is 17.1 Å². The summed E-state index contributed by atoms with van der Waals surface area (Å²) in [5.41, 5.74) is 0.406. The molecule has 0 aliphatic rings. The molecule has 0 saturated carbocycles. The maximum Gasteiger partial charge on any atom is 0.339 e. The average molecular weight is 352 g/mol. The van der Waals surface area contributed by atoms with E-state index in [2.05, 4.69) is 15.9 Å². The van der Waals surface area contributed by atoms with Crippen molar-refractivity contribution in [3.8, 4) is 11.5 Å². The van der Waals surface area contributed by atoms with Crippen LogP contribution in [0.1, 0.15) is 15.9 Å². The van der Waals surface area contributed by atoms with Crippen molar-refractivity contribution in [2.24, 2.45) is 0 Å². The van der Waals surface area contributed by atoms with E-state index in [4.69, 9.17) is 9.84 Å². The second-order valence-electron chi connectivity index (χ2n) is 4.25. The molecule has 0 bridgehead atoms. The summed E-state index contributed by atoms with van der Waals surface area (Å²) in [6, 6.07) is 8.65. The van der Waals surface area contributed by atoms with Crippen molar-refractivity contribution in [2.75, 3.05) is 0 Å². The molecule has 7 heteroatoms. The molecule has 1 N–H and O–H groups in total. The van der Waals surface area contributed by atoms with Gasteiger partial charge in [0.2, 0.25) is 0 Å². The molecule has 0 unspecified atom stereocenters. The van der Waals surface area contributed by atoms with E-state index in [0.717, 1.165) is 28.2 Å². The number of hydrogen-bond donors (Lipinski definition) is 1. The Labute approximate surface area is 128 Å². The van der Waals surface area contributed by atoms with Gasteiger partial charge in [0.25, 0.3) is 5.69 Å². The number of carbonyl (C=O) groups is 1. The van der Waals surface area contributed by atoms with Crippen LogP contribution < -0.4 is 4.74 Å². The first-order chi connectivity index (χ1) is 9.88. The number of rotatable bonds is 4. The normalized spacial score (nSPS) is 10.2. The van der Waals surface area contributed by atoms with Crippen molar-refractivity contribution >= 4 is 27.6 Å². The van der Waals surface area contributed by atoms with Gasteiger partial charge in [-0.05, 0) is 30.7 Å². The topological polar surface area (TPSA) is 89.7 Å². The highest BCUT2D eigenvalue weighted by molar-refractivity contribution is 9.10. The van der Waals surface area contributed by atoms with Crippen LogP contribution in [0.15, 0.2) is 40.9 Å². The van der Waals surface area contributed by atoms with Crippen LogP contribution in [0.5, 0.6) is 11.5 Å². The highest BCUT2D eigenvalue weighted by Crippen LogP contribution is 2.32. The fourth-order valence-electron chi connectivity index (χ4n) is 1.69. The molecule has 0 amide bonds. The smallest absolute Gasteiger partial charge is 0.339 e. The minimum atomic E-state index is -1.22. The Hall–Kier alpha value is -2.41. The van der Waals surface area contributed by atoms with Crippen LogP contribution in [-0.2, 0) is 0 Å². The van der Waals surface area contributed by atoms with Gasteiger partial charge in [-0.3, -0.25) is 10.1 Å². The number of carboxylic acids is 1. The van der Waals surface area contributed by atoms with E-state index in [9.17, 15) is 14.9 Å². The SMILES string of the molecule is Cc1ccc(Br)cc1Oc1cc([N+](=O)[O-])ccc1C(=O)O. The van der Waals surface area contributed by atoms with Gasteiger partial charge in [0, 0.05) is 10.5 Å². The number of hydrogen-bond acceptors (Lipinski definition) is 4. The summed E-state index contributed by atoms with van der Waals surface area (Å²) in [5.74, 6) is -0.863. The third kappa shape index (κ3) is 3.38. The fraction of sp³-hybridized carbons (Fsp3) is 0.0714. The number of halogens is 1. The van der Waals surface area contributed by atoms with E-state index in [-0.39, 0.29) is 17.0 Å². The number of nitro benzene ring substituents is 1. The second kappa shape index (κ2) is 5.92. The molecule has 2 aromatic carbocycles. The fourth-order valence-corrected chi connectivity index (χ4v) is 2.03. The number of non-ortho nitro benzene ring substituents is 1.